The van der Waals surface area contributed by atoms with Gasteiger partial charge >= 0.3 is 0 Å². The van der Waals surface area contributed by atoms with Gasteiger partial charge in [0.2, 0.25) is 11.8 Å². The molecule has 0 radical (unpaired) electrons. The molecule has 0 aliphatic carbocycles. The summed E-state index contributed by atoms with van der Waals surface area (Å²) in [6, 6.07) is 5.99. The van der Waals surface area contributed by atoms with E-state index >= 15 is 0 Å². The molecular weight excluding hydrogens is 617 g/mol. The van der Waals surface area contributed by atoms with E-state index in [2.05, 4.69) is 48.5 Å². The number of aryl methyl sites for hydroxylation is 1. The van der Waals surface area contributed by atoms with Crippen molar-refractivity contribution in [1.82, 2.24) is 19.9 Å². The number of nitrogens with zero attached hydrogens (tertiary/aromatic N) is 4. The minimum absolute atomic E-state index is 0.0869. The van der Waals surface area contributed by atoms with E-state index in [1.807, 2.05) is 25.1 Å². The van der Waals surface area contributed by atoms with Crippen LogP contribution in [0, 0.1) is 6.92 Å². The molecule has 0 unspecified atom stereocenters. The van der Waals surface area contributed by atoms with Crippen LogP contribution in [-0.4, -0.2) is 31.7 Å². The van der Waals surface area contributed by atoms with Crippen molar-refractivity contribution in [3.05, 3.63) is 48.1 Å². The first-order valence-electron chi connectivity index (χ1n) is 21.0. The van der Waals surface area contributed by atoms with Crippen LogP contribution in [0.25, 0.3) is 11.0 Å². The molecule has 0 fully saturated rings. The molecule has 0 saturated carbocycles. The number of allylic oxidation sites excluding steroid dienone is 4. The second-order valence-corrected chi connectivity index (χ2v) is 14.6. The first-order chi connectivity index (χ1) is 24.6. The van der Waals surface area contributed by atoms with E-state index in [4.69, 9.17) is 0 Å². The average Bonchev–Trinajstić information content (AvgIpc) is 3.51. The fraction of sp³-hybridized carbons (Fsp3) is 0.727. The molecule has 0 bridgehead atoms. The Morgan fingerprint density at radius 1 is 0.580 bits per heavy atom. The molecule has 0 atom stereocenters. The predicted molar refractivity (Wildman–Crippen MR) is 213 cm³/mol. The third-order valence-corrected chi connectivity index (χ3v) is 9.85. The zero-order valence-electron chi connectivity index (χ0n) is 32.7. The minimum Gasteiger partial charge on any atom is -0.274 e. The molecule has 6 heteroatoms. The molecular formula is C44H74N4O2. The summed E-state index contributed by atoms with van der Waals surface area (Å²) in [6.45, 7) is 6.70. The van der Waals surface area contributed by atoms with E-state index in [1.54, 1.807) is 4.68 Å². The van der Waals surface area contributed by atoms with Gasteiger partial charge in [0, 0.05) is 12.8 Å². The third kappa shape index (κ3) is 20.8. The van der Waals surface area contributed by atoms with Crippen LogP contribution in [0.5, 0.6) is 0 Å². The van der Waals surface area contributed by atoms with Gasteiger partial charge in [-0.2, -0.15) is 0 Å². The fourth-order valence-corrected chi connectivity index (χ4v) is 6.58. The Morgan fingerprint density at radius 3 is 1.42 bits per heavy atom. The van der Waals surface area contributed by atoms with Crippen molar-refractivity contribution in [3.63, 3.8) is 0 Å². The number of imide groups is 1. The zero-order valence-corrected chi connectivity index (χ0v) is 32.7. The number of unbranched alkanes of at least 4 members (excludes halogenated alkanes) is 22. The van der Waals surface area contributed by atoms with E-state index in [0.29, 0.717) is 12.8 Å². The van der Waals surface area contributed by atoms with Gasteiger partial charge in [0.05, 0.1) is 5.52 Å². The predicted octanol–water partition coefficient (Wildman–Crippen LogP) is 13.1. The molecule has 0 saturated heterocycles. The number of carbonyl (C=O) groups excluding carboxylic acids is 2. The molecule has 2 rings (SSSR count). The zero-order chi connectivity index (χ0) is 35.9. The Balaban J connectivity index is 1.67. The number of fused-ring (bicyclic) bond motifs is 1. The molecule has 0 aliphatic heterocycles. The van der Waals surface area contributed by atoms with E-state index in [1.165, 1.54) is 120 Å². The maximum Gasteiger partial charge on any atom is 0.230 e. The van der Waals surface area contributed by atoms with E-state index in [0.717, 1.165) is 68.0 Å². The van der Waals surface area contributed by atoms with Gasteiger partial charge in [0.25, 0.3) is 0 Å². The second-order valence-electron chi connectivity index (χ2n) is 14.6. The van der Waals surface area contributed by atoms with Crippen LogP contribution in [-0.2, 0) is 16.3 Å². The van der Waals surface area contributed by atoms with Crippen LogP contribution in [0.2, 0.25) is 0 Å². The number of benzene rings is 1. The molecule has 1 aromatic carbocycles. The van der Waals surface area contributed by atoms with Gasteiger partial charge in [-0.15, -0.1) is 5.10 Å². The van der Waals surface area contributed by atoms with Gasteiger partial charge < -0.3 is 0 Å². The lowest BCUT2D eigenvalue weighted by Crippen LogP contribution is -2.38. The van der Waals surface area contributed by atoms with Crippen molar-refractivity contribution >= 4 is 22.8 Å². The Bertz CT molecular complexity index is 1150. The molecule has 1 heterocycles. The first kappa shape index (κ1) is 43.4. The molecule has 0 aliphatic rings. The second kappa shape index (κ2) is 29.9. The van der Waals surface area contributed by atoms with Gasteiger partial charge in [-0.05, 0) is 88.8 Å². The Labute approximate surface area is 306 Å². The van der Waals surface area contributed by atoms with Crippen molar-refractivity contribution in [2.24, 2.45) is 0 Å². The Morgan fingerprint density at radius 2 is 0.980 bits per heavy atom. The summed E-state index contributed by atoms with van der Waals surface area (Å²) in [4.78, 5) is 28.3. The Kier molecular flexibility index (Phi) is 26.0. The van der Waals surface area contributed by atoms with E-state index < -0.39 is 0 Å². The average molecular weight is 691 g/mol. The van der Waals surface area contributed by atoms with E-state index in [-0.39, 0.29) is 18.5 Å². The lowest BCUT2D eigenvalue weighted by atomic mass is 10.1. The van der Waals surface area contributed by atoms with Gasteiger partial charge in [-0.3, -0.25) is 14.5 Å². The summed E-state index contributed by atoms with van der Waals surface area (Å²) in [5.74, 6) is -0.174. The summed E-state index contributed by atoms with van der Waals surface area (Å²) < 4.78 is 1.70. The van der Waals surface area contributed by atoms with Crippen molar-refractivity contribution < 1.29 is 9.59 Å². The topological polar surface area (TPSA) is 68.1 Å². The SMILES string of the molecule is CCCCCCCC/C=C\CCCCCCCC(=O)N(Cn1nnc2cc(C)ccc21)C(=O)CCCCCCC/C=C\CCCCCCCC. The molecule has 6 nitrogen and oxygen atoms in total. The van der Waals surface area contributed by atoms with Gasteiger partial charge in [-0.1, -0.05) is 152 Å². The molecule has 2 amide bonds. The maximum absolute atomic E-state index is 13.4. The number of hydrogen-bond donors (Lipinski definition) is 0. The molecule has 282 valence electrons. The monoisotopic (exact) mass is 691 g/mol. The van der Waals surface area contributed by atoms with Gasteiger partial charge in [0.1, 0.15) is 12.2 Å². The summed E-state index contributed by atoms with van der Waals surface area (Å²) >= 11 is 0. The fourth-order valence-electron chi connectivity index (χ4n) is 6.58. The quantitative estimate of drug-likeness (QED) is 0.0566. The number of aromatic nitrogens is 3. The van der Waals surface area contributed by atoms with Crippen LogP contribution in [0.3, 0.4) is 0 Å². The highest BCUT2D eigenvalue weighted by molar-refractivity contribution is 5.95. The normalized spacial score (nSPS) is 11.8. The molecule has 50 heavy (non-hydrogen) atoms. The van der Waals surface area contributed by atoms with Crippen LogP contribution < -0.4 is 0 Å². The highest BCUT2D eigenvalue weighted by atomic mass is 16.2. The number of rotatable bonds is 32. The molecule has 2 aromatic rings. The van der Waals surface area contributed by atoms with Crippen molar-refractivity contribution in [2.45, 2.75) is 207 Å². The molecule has 0 spiro atoms. The molecule has 0 N–H and O–H groups in total. The number of carbonyl (C=O) groups is 2. The maximum atomic E-state index is 13.4. The lowest BCUT2D eigenvalue weighted by molar-refractivity contribution is -0.147. The van der Waals surface area contributed by atoms with Crippen LogP contribution in [0.4, 0.5) is 0 Å². The smallest absolute Gasteiger partial charge is 0.230 e. The third-order valence-electron chi connectivity index (χ3n) is 9.85. The van der Waals surface area contributed by atoms with Crippen LogP contribution >= 0.6 is 0 Å². The van der Waals surface area contributed by atoms with Gasteiger partial charge in [0.15, 0.2) is 0 Å². The summed E-state index contributed by atoms with van der Waals surface area (Å²) in [5.41, 5.74) is 2.75. The number of amides is 2. The standard InChI is InChI=1S/C44H74N4O2/c1-4-6-8-10-12-14-16-18-20-22-24-26-28-30-32-34-43(49)47(39-48-42-37-36-40(3)38-41(42)45-46-48)44(50)35-33-31-29-27-25-23-21-19-17-15-13-11-9-7-5-2/h18-21,36-38H,4-17,22-35,39H2,1-3H3/b20-18-,21-19-. The summed E-state index contributed by atoms with van der Waals surface area (Å²) in [7, 11) is 0. The highest BCUT2D eigenvalue weighted by Crippen LogP contribution is 2.17. The Hall–Kier alpha value is -2.76. The summed E-state index contributed by atoms with van der Waals surface area (Å²) in [5, 5.41) is 8.60. The highest BCUT2D eigenvalue weighted by Gasteiger charge is 2.22. The van der Waals surface area contributed by atoms with Gasteiger partial charge in [-0.25, -0.2) is 4.68 Å². The van der Waals surface area contributed by atoms with Crippen molar-refractivity contribution in [1.29, 1.82) is 0 Å². The largest absolute Gasteiger partial charge is 0.274 e. The number of hydrogen-bond acceptors (Lipinski definition) is 4. The van der Waals surface area contributed by atoms with Crippen LogP contribution in [0.15, 0.2) is 42.5 Å². The van der Waals surface area contributed by atoms with Crippen molar-refractivity contribution in [3.8, 4) is 0 Å². The first-order valence-corrected chi connectivity index (χ1v) is 21.0. The summed E-state index contributed by atoms with van der Waals surface area (Å²) in [6.07, 6.45) is 42.0. The minimum atomic E-state index is -0.0869. The lowest BCUT2D eigenvalue weighted by Gasteiger charge is -2.21. The van der Waals surface area contributed by atoms with Crippen molar-refractivity contribution in [2.75, 3.05) is 0 Å². The van der Waals surface area contributed by atoms with E-state index in [9.17, 15) is 9.59 Å². The molecule has 1 aromatic heterocycles. The van der Waals surface area contributed by atoms with Crippen LogP contribution in [0.1, 0.15) is 199 Å².